The molecular formula is C24H30F2N8O5S2. The van der Waals surface area contributed by atoms with Crippen LogP contribution >= 0.6 is 11.3 Å². The molecular weight excluding hydrogens is 582 g/mol. The second-order valence-corrected chi connectivity index (χ2v) is 13.3. The molecule has 0 spiro atoms. The number of aromatic nitrogens is 4. The van der Waals surface area contributed by atoms with Crippen LogP contribution in [0.25, 0.3) is 16.3 Å². The number of amides is 1. The van der Waals surface area contributed by atoms with Crippen LogP contribution in [0, 0.1) is 5.92 Å². The fraction of sp³-hybridized carbons (Fsp3) is 0.542. The lowest BCUT2D eigenvalue weighted by atomic mass is 9.99. The molecule has 5 heterocycles. The van der Waals surface area contributed by atoms with Crippen molar-refractivity contribution in [2.75, 3.05) is 51.2 Å². The molecule has 13 nitrogen and oxygen atoms in total. The highest BCUT2D eigenvalue weighted by Crippen LogP contribution is 2.37. The summed E-state index contributed by atoms with van der Waals surface area (Å²) < 4.78 is 57.4. The summed E-state index contributed by atoms with van der Waals surface area (Å²) in [5, 5.41) is 14.1. The highest BCUT2D eigenvalue weighted by Gasteiger charge is 2.42. The van der Waals surface area contributed by atoms with Crippen molar-refractivity contribution in [3.63, 3.8) is 0 Å². The predicted molar refractivity (Wildman–Crippen MR) is 145 cm³/mol. The molecule has 222 valence electrons. The van der Waals surface area contributed by atoms with E-state index in [0.717, 1.165) is 37.3 Å². The fourth-order valence-corrected chi connectivity index (χ4v) is 7.15. The van der Waals surface area contributed by atoms with E-state index in [1.165, 1.54) is 6.20 Å². The van der Waals surface area contributed by atoms with Gasteiger partial charge in [-0.25, -0.2) is 26.9 Å². The minimum absolute atomic E-state index is 0.0315. The van der Waals surface area contributed by atoms with E-state index in [1.807, 2.05) is 23.8 Å². The molecule has 3 aromatic rings. The number of piperazine rings is 1. The Bertz CT molecular complexity index is 1540. The Labute approximate surface area is 238 Å². The highest BCUT2D eigenvalue weighted by molar-refractivity contribution is 7.89. The number of nitrogens with one attached hydrogen (secondary N) is 1. The van der Waals surface area contributed by atoms with Crippen LogP contribution in [0.15, 0.2) is 23.4 Å². The molecule has 0 bridgehead atoms. The molecule has 0 unspecified atom stereocenters. The minimum Gasteiger partial charge on any atom is -0.483 e. The van der Waals surface area contributed by atoms with Gasteiger partial charge in [0.2, 0.25) is 15.9 Å². The summed E-state index contributed by atoms with van der Waals surface area (Å²) in [5.74, 6) is 0.427. The number of hydrogen-bond donors (Lipinski definition) is 2. The van der Waals surface area contributed by atoms with Gasteiger partial charge in [0, 0.05) is 51.0 Å². The number of carboxylic acid groups (broad SMARTS) is 1. The minimum atomic E-state index is -3.88. The molecule has 1 saturated carbocycles. The molecule has 17 heteroatoms. The number of nitrogens with zero attached hydrogens (tertiary/aromatic N) is 7. The molecule has 0 aromatic carbocycles. The molecule has 41 heavy (non-hydrogen) atoms. The number of fused-ring (bicyclic) bond motifs is 1. The van der Waals surface area contributed by atoms with Crippen LogP contribution < -0.4 is 9.62 Å². The van der Waals surface area contributed by atoms with Crippen molar-refractivity contribution in [2.45, 2.75) is 36.6 Å². The molecule has 0 radical (unpaired) electrons. The van der Waals surface area contributed by atoms with Gasteiger partial charge in [-0.3, -0.25) is 14.0 Å². The Morgan fingerprint density at radius 2 is 1.88 bits per heavy atom. The number of likely N-dealkylation sites (tertiary alicyclic amines) is 1. The van der Waals surface area contributed by atoms with Gasteiger partial charge in [-0.1, -0.05) is 11.3 Å². The quantitative estimate of drug-likeness (QED) is 0.376. The average molecular weight is 613 g/mol. The van der Waals surface area contributed by atoms with Gasteiger partial charge in [-0.05, 0) is 32.9 Å². The number of rotatable bonds is 7. The molecule has 2 aliphatic heterocycles. The Morgan fingerprint density at radius 1 is 1.22 bits per heavy atom. The zero-order valence-electron chi connectivity index (χ0n) is 22.4. The molecule has 3 aliphatic rings. The summed E-state index contributed by atoms with van der Waals surface area (Å²) in [4.78, 5) is 31.7. The van der Waals surface area contributed by atoms with E-state index < -0.39 is 27.0 Å². The standard InChI is InChI=1S/C23H28F2N8O3S2.CH2O2/c1-23(3-4-23)29-38(35,36)15-9-16(31-5-7-32(8-6-31)22(34)14-11-30(2)12-14)17-10-26-19(33(17)13-15)21-28-27-20(37-21)18(24)25;2-1-3/h9-10,13-14,18,29H,3-8,11-12H2,1-2H3;1H,(H,2,3). The maximum Gasteiger partial charge on any atom is 0.291 e. The summed E-state index contributed by atoms with van der Waals surface area (Å²) in [7, 11) is -1.89. The number of pyridine rings is 1. The van der Waals surface area contributed by atoms with Gasteiger partial charge >= 0.3 is 0 Å². The summed E-state index contributed by atoms with van der Waals surface area (Å²) in [5.41, 5.74) is 0.783. The Balaban J connectivity index is 0.00000108. The number of hydrogen-bond acceptors (Lipinski definition) is 10. The Kier molecular flexibility index (Phi) is 7.97. The first-order valence-electron chi connectivity index (χ1n) is 12.9. The van der Waals surface area contributed by atoms with Gasteiger partial charge in [0.1, 0.15) is 4.90 Å². The third kappa shape index (κ3) is 6.02. The maximum atomic E-state index is 13.4. The zero-order chi connectivity index (χ0) is 29.5. The monoisotopic (exact) mass is 612 g/mol. The number of sulfonamides is 1. The first-order chi connectivity index (χ1) is 19.4. The lowest BCUT2D eigenvalue weighted by molar-refractivity contribution is -0.140. The van der Waals surface area contributed by atoms with Crippen molar-refractivity contribution < 1.29 is 31.9 Å². The number of anilines is 1. The zero-order valence-corrected chi connectivity index (χ0v) is 24.0. The van der Waals surface area contributed by atoms with Crippen LogP contribution in [0.4, 0.5) is 14.5 Å². The second-order valence-electron chi connectivity index (χ2n) is 10.6. The fourth-order valence-electron chi connectivity index (χ4n) is 4.98. The largest absolute Gasteiger partial charge is 0.483 e. The number of alkyl halides is 2. The van der Waals surface area contributed by atoms with Gasteiger partial charge in [0.15, 0.2) is 15.8 Å². The number of carbonyl (C=O) groups excluding carboxylic acids is 1. The lowest BCUT2D eigenvalue weighted by Gasteiger charge is -2.42. The smallest absolute Gasteiger partial charge is 0.291 e. The van der Waals surface area contributed by atoms with E-state index in [4.69, 9.17) is 9.90 Å². The maximum absolute atomic E-state index is 13.4. The van der Waals surface area contributed by atoms with Crippen LogP contribution in [0.5, 0.6) is 0 Å². The van der Waals surface area contributed by atoms with Crippen LogP contribution in [0.2, 0.25) is 0 Å². The van der Waals surface area contributed by atoms with Gasteiger partial charge in [-0.15, -0.1) is 10.2 Å². The molecule has 2 N–H and O–H groups in total. The molecule has 1 aliphatic carbocycles. The second kappa shape index (κ2) is 11.2. The first-order valence-corrected chi connectivity index (χ1v) is 15.2. The molecule has 3 fully saturated rings. The van der Waals surface area contributed by atoms with E-state index >= 15 is 0 Å². The van der Waals surface area contributed by atoms with Crippen LogP contribution in [-0.4, -0.2) is 107 Å². The van der Waals surface area contributed by atoms with Gasteiger partial charge in [-0.2, -0.15) is 0 Å². The topological polar surface area (TPSA) is 153 Å². The number of imidazole rings is 1. The van der Waals surface area contributed by atoms with Crippen molar-refractivity contribution in [3.05, 3.63) is 23.5 Å². The van der Waals surface area contributed by atoms with Crippen LogP contribution in [-0.2, 0) is 19.6 Å². The van der Waals surface area contributed by atoms with Crippen LogP contribution in [0.3, 0.4) is 0 Å². The Morgan fingerprint density at radius 3 is 2.44 bits per heavy atom. The van der Waals surface area contributed by atoms with Crippen LogP contribution in [0.1, 0.15) is 31.2 Å². The van der Waals surface area contributed by atoms with E-state index in [2.05, 4.69) is 24.8 Å². The highest BCUT2D eigenvalue weighted by atomic mass is 32.2. The SMILES string of the molecule is CN1CC(C(=O)N2CCN(c3cc(S(=O)(=O)NC4(C)CC4)cn4c(-c5nnc(C(F)F)s5)ncc34)CC2)C1.O=CO. The van der Waals surface area contributed by atoms with Crippen molar-refractivity contribution in [1.29, 1.82) is 0 Å². The van der Waals surface area contributed by atoms with E-state index in [9.17, 15) is 22.0 Å². The lowest BCUT2D eigenvalue weighted by Crippen LogP contribution is -2.57. The normalized spacial score (nSPS) is 19.1. The Hall–Kier alpha value is -3.28. The molecule has 1 amide bonds. The van der Waals surface area contributed by atoms with Crippen molar-refractivity contribution >= 4 is 44.9 Å². The van der Waals surface area contributed by atoms with Gasteiger partial charge in [0.05, 0.1) is 23.3 Å². The number of halogens is 2. The first kappa shape index (κ1) is 29.2. The summed E-state index contributed by atoms with van der Waals surface area (Å²) >= 11 is 0.720. The van der Waals surface area contributed by atoms with Crippen molar-refractivity contribution in [3.8, 4) is 10.8 Å². The third-order valence-corrected chi connectivity index (χ3v) is 9.98. The molecule has 3 aromatic heterocycles. The molecule has 2 saturated heterocycles. The average Bonchev–Trinajstić information content (AvgIpc) is 3.29. The van der Waals surface area contributed by atoms with E-state index in [-0.39, 0.29) is 34.0 Å². The predicted octanol–water partition coefficient (Wildman–Crippen LogP) is 1.53. The van der Waals surface area contributed by atoms with Gasteiger partial charge in [0.25, 0.3) is 12.9 Å². The van der Waals surface area contributed by atoms with Crippen molar-refractivity contribution in [1.82, 2.24) is 34.1 Å². The molecule has 6 rings (SSSR count). The van der Waals surface area contributed by atoms with E-state index in [1.54, 1.807) is 16.7 Å². The third-order valence-electron chi connectivity index (χ3n) is 7.45. The van der Waals surface area contributed by atoms with E-state index in [0.29, 0.717) is 37.4 Å². The van der Waals surface area contributed by atoms with Gasteiger partial charge < -0.3 is 19.8 Å². The summed E-state index contributed by atoms with van der Waals surface area (Å²) in [6.45, 7) is 5.23. The summed E-state index contributed by atoms with van der Waals surface area (Å²) in [6, 6.07) is 1.62. The number of carbonyl (C=O) groups is 2. The molecule has 0 atom stereocenters. The van der Waals surface area contributed by atoms with Crippen molar-refractivity contribution in [2.24, 2.45) is 5.92 Å². The summed E-state index contributed by atoms with van der Waals surface area (Å²) in [6.07, 6.45) is 1.78.